The summed E-state index contributed by atoms with van der Waals surface area (Å²) >= 11 is 6.19. The fourth-order valence-electron chi connectivity index (χ4n) is 3.10. The highest BCUT2D eigenvalue weighted by atomic mass is 35.5. The normalized spacial score (nSPS) is 11.0. The summed E-state index contributed by atoms with van der Waals surface area (Å²) in [6, 6.07) is 19.2. The molecule has 0 aliphatic rings. The van der Waals surface area contributed by atoms with E-state index >= 15 is 0 Å². The number of hydrogen-bond donors (Lipinski definition) is 1. The first-order chi connectivity index (χ1) is 14.6. The van der Waals surface area contributed by atoms with Gasteiger partial charge in [0, 0.05) is 22.3 Å². The topological polar surface area (TPSA) is 87.4 Å². The van der Waals surface area contributed by atoms with Crippen LogP contribution in [0.2, 0.25) is 5.02 Å². The van der Waals surface area contributed by atoms with Crippen LogP contribution in [0.1, 0.15) is 22.4 Å². The Hall–Kier alpha value is -3.95. The monoisotopic (exact) mass is 413 g/mol. The molecule has 30 heavy (non-hydrogen) atoms. The molecule has 1 N–H and O–H groups in total. The summed E-state index contributed by atoms with van der Waals surface area (Å²) in [4.78, 5) is 11.7. The largest absolute Gasteiger partial charge is 0.282 e. The first kappa shape index (κ1) is 19.4. The maximum absolute atomic E-state index is 11.7. The minimum atomic E-state index is -0.497. The second-order valence-corrected chi connectivity index (χ2v) is 7.04. The first-order valence-corrected chi connectivity index (χ1v) is 9.53. The van der Waals surface area contributed by atoms with E-state index in [1.807, 2.05) is 72.9 Å². The van der Waals surface area contributed by atoms with Gasteiger partial charge in [-0.1, -0.05) is 41.9 Å². The van der Waals surface area contributed by atoms with Gasteiger partial charge >= 0.3 is 0 Å². The van der Waals surface area contributed by atoms with E-state index in [1.54, 1.807) is 17.7 Å². The molecule has 7 heteroatoms. The molecule has 0 bridgehead atoms. The fourth-order valence-corrected chi connectivity index (χ4v) is 3.29. The van der Waals surface area contributed by atoms with Gasteiger partial charge in [-0.3, -0.25) is 4.79 Å². The lowest BCUT2D eigenvalue weighted by Gasteiger charge is -2.01. The SMILES string of the molecule is Cc1c(/C=C/c2cn(-c3ccccc3)nc2-c2cccc(Cl)c2)n[nH]c(=O)c1C#N. The molecular formula is C23H16ClN5O. The molecule has 2 aromatic heterocycles. The lowest BCUT2D eigenvalue weighted by atomic mass is 10.1. The second-order valence-electron chi connectivity index (χ2n) is 6.61. The van der Waals surface area contributed by atoms with E-state index in [2.05, 4.69) is 10.2 Å². The van der Waals surface area contributed by atoms with Crippen molar-refractivity contribution < 1.29 is 0 Å². The number of nitrogens with one attached hydrogen (secondary N) is 1. The van der Waals surface area contributed by atoms with Crippen molar-refractivity contribution in [2.75, 3.05) is 0 Å². The van der Waals surface area contributed by atoms with Crippen LogP contribution in [0.15, 0.2) is 65.6 Å². The molecule has 4 aromatic rings. The lowest BCUT2D eigenvalue weighted by molar-refractivity contribution is 0.884. The predicted molar refractivity (Wildman–Crippen MR) is 117 cm³/mol. The molecule has 0 saturated heterocycles. The minimum absolute atomic E-state index is 0.0553. The van der Waals surface area contributed by atoms with Crippen LogP contribution in [0.25, 0.3) is 29.1 Å². The van der Waals surface area contributed by atoms with Crippen molar-refractivity contribution in [3.05, 3.63) is 98.6 Å². The molecule has 0 fully saturated rings. The quantitative estimate of drug-likeness (QED) is 0.528. The molecule has 0 radical (unpaired) electrons. The number of halogens is 1. The standard InChI is InChI=1S/C23H16ClN5O/c1-15-20(13-25)23(30)27-26-21(15)11-10-17-14-29(19-8-3-2-4-9-19)28-22(17)16-6-5-7-18(24)12-16/h2-12,14H,1H3,(H,27,30)/b11-10+. The van der Waals surface area contributed by atoms with E-state index in [9.17, 15) is 10.1 Å². The highest BCUT2D eigenvalue weighted by Gasteiger charge is 2.12. The molecule has 0 aliphatic heterocycles. The number of hydrogen-bond acceptors (Lipinski definition) is 4. The molecule has 2 heterocycles. The van der Waals surface area contributed by atoms with Crippen molar-refractivity contribution in [2.24, 2.45) is 0 Å². The maximum Gasteiger partial charge on any atom is 0.282 e. The van der Waals surface area contributed by atoms with Gasteiger partial charge in [-0.05, 0) is 48.9 Å². The molecule has 0 saturated carbocycles. The number of nitriles is 1. The van der Waals surface area contributed by atoms with Crippen molar-refractivity contribution in [3.63, 3.8) is 0 Å². The number of rotatable bonds is 4. The molecule has 146 valence electrons. The Morgan fingerprint density at radius 2 is 1.93 bits per heavy atom. The highest BCUT2D eigenvalue weighted by molar-refractivity contribution is 6.30. The highest BCUT2D eigenvalue weighted by Crippen LogP contribution is 2.27. The second kappa shape index (κ2) is 8.19. The van der Waals surface area contributed by atoms with Gasteiger partial charge in [-0.2, -0.15) is 15.5 Å². The molecule has 2 aromatic carbocycles. The summed E-state index contributed by atoms with van der Waals surface area (Å²) in [5.41, 5.74) is 3.98. The van der Waals surface area contributed by atoms with Gasteiger partial charge in [0.15, 0.2) is 0 Å². The van der Waals surface area contributed by atoms with Crippen molar-refractivity contribution in [2.45, 2.75) is 6.92 Å². The number of benzene rings is 2. The van der Waals surface area contributed by atoms with Crippen LogP contribution < -0.4 is 5.56 Å². The average Bonchev–Trinajstić information content (AvgIpc) is 3.18. The molecule has 0 spiro atoms. The summed E-state index contributed by atoms with van der Waals surface area (Å²) in [6.45, 7) is 1.70. The third-order valence-electron chi connectivity index (χ3n) is 4.66. The summed E-state index contributed by atoms with van der Waals surface area (Å²) < 4.78 is 1.80. The van der Waals surface area contributed by atoms with Gasteiger partial charge in [0.25, 0.3) is 5.56 Å². The van der Waals surface area contributed by atoms with Crippen LogP contribution in [0.3, 0.4) is 0 Å². The van der Waals surface area contributed by atoms with E-state index in [1.165, 1.54) is 0 Å². The van der Waals surface area contributed by atoms with Crippen LogP contribution >= 0.6 is 11.6 Å². The van der Waals surface area contributed by atoms with Crippen molar-refractivity contribution in [3.8, 4) is 23.0 Å². The number of nitrogens with zero attached hydrogens (tertiary/aromatic N) is 4. The summed E-state index contributed by atoms with van der Waals surface area (Å²) in [6.07, 6.45) is 5.53. The van der Waals surface area contributed by atoms with Crippen LogP contribution in [0, 0.1) is 18.3 Å². The van der Waals surface area contributed by atoms with Crippen molar-refractivity contribution in [1.29, 1.82) is 5.26 Å². The Kier molecular flexibility index (Phi) is 5.29. The Balaban J connectivity index is 1.83. The van der Waals surface area contributed by atoms with Crippen molar-refractivity contribution >= 4 is 23.8 Å². The smallest absolute Gasteiger partial charge is 0.267 e. The summed E-state index contributed by atoms with van der Waals surface area (Å²) in [5, 5.41) is 21.0. The molecule has 4 rings (SSSR count). The first-order valence-electron chi connectivity index (χ1n) is 9.15. The molecule has 0 amide bonds. The number of para-hydroxylation sites is 1. The molecule has 0 unspecified atom stereocenters. The van der Waals surface area contributed by atoms with Crippen LogP contribution in [-0.2, 0) is 0 Å². The minimum Gasteiger partial charge on any atom is -0.267 e. The Bertz CT molecular complexity index is 1350. The van der Waals surface area contributed by atoms with E-state index in [0.717, 1.165) is 22.5 Å². The summed E-state index contributed by atoms with van der Waals surface area (Å²) in [5.74, 6) is 0. The van der Waals surface area contributed by atoms with Crippen LogP contribution in [0.4, 0.5) is 0 Å². The molecule has 0 atom stereocenters. The fraction of sp³-hybridized carbons (Fsp3) is 0.0435. The molecule has 0 aliphatic carbocycles. The van der Waals surface area contributed by atoms with Gasteiger partial charge in [0.1, 0.15) is 11.6 Å². The van der Waals surface area contributed by atoms with E-state index < -0.39 is 5.56 Å². The zero-order valence-electron chi connectivity index (χ0n) is 16.0. The van der Waals surface area contributed by atoms with Gasteiger partial charge in [0.05, 0.1) is 17.1 Å². The van der Waals surface area contributed by atoms with Crippen molar-refractivity contribution in [1.82, 2.24) is 20.0 Å². The summed E-state index contributed by atoms with van der Waals surface area (Å²) in [7, 11) is 0. The van der Waals surface area contributed by atoms with Gasteiger partial charge < -0.3 is 0 Å². The van der Waals surface area contributed by atoms with E-state index in [4.69, 9.17) is 16.7 Å². The number of aromatic nitrogens is 4. The van der Waals surface area contributed by atoms with Gasteiger partial charge in [-0.25, -0.2) is 9.78 Å². The Morgan fingerprint density at radius 3 is 2.67 bits per heavy atom. The van der Waals surface area contributed by atoms with E-state index in [-0.39, 0.29) is 5.56 Å². The third-order valence-corrected chi connectivity index (χ3v) is 4.89. The zero-order chi connectivity index (χ0) is 21.1. The zero-order valence-corrected chi connectivity index (χ0v) is 16.8. The maximum atomic E-state index is 11.7. The van der Waals surface area contributed by atoms with E-state index in [0.29, 0.717) is 16.3 Å². The van der Waals surface area contributed by atoms with Crippen LogP contribution in [-0.4, -0.2) is 20.0 Å². The molecular weight excluding hydrogens is 398 g/mol. The van der Waals surface area contributed by atoms with Gasteiger partial charge in [0.2, 0.25) is 0 Å². The van der Waals surface area contributed by atoms with Crippen LogP contribution in [0.5, 0.6) is 0 Å². The van der Waals surface area contributed by atoms with Gasteiger partial charge in [-0.15, -0.1) is 0 Å². The third kappa shape index (κ3) is 3.79. The Morgan fingerprint density at radius 1 is 1.13 bits per heavy atom. The average molecular weight is 414 g/mol. The number of aromatic amines is 1. The Labute approximate surface area is 177 Å². The molecule has 6 nitrogen and oxygen atoms in total. The predicted octanol–water partition coefficient (Wildman–Crippen LogP) is 4.63. The lowest BCUT2D eigenvalue weighted by Crippen LogP contribution is -2.15. The number of H-pyrrole nitrogens is 1.